The van der Waals surface area contributed by atoms with Crippen molar-refractivity contribution in [1.82, 2.24) is 4.98 Å². The van der Waals surface area contributed by atoms with Gasteiger partial charge in [-0.3, -0.25) is 9.78 Å². The molecule has 4 nitrogen and oxygen atoms in total. The lowest BCUT2D eigenvalue weighted by Gasteiger charge is -2.15. The molecule has 0 aliphatic rings. The third kappa shape index (κ3) is 3.46. The van der Waals surface area contributed by atoms with Crippen LogP contribution in [0.4, 0.5) is 10.1 Å². The Morgan fingerprint density at radius 2 is 1.88 bits per heavy atom. The number of benzene rings is 2. The lowest BCUT2D eigenvalue weighted by molar-refractivity contribution is 0.102. The van der Waals surface area contributed by atoms with Crippen LogP contribution >= 0.6 is 11.6 Å². The number of nitrogens with one attached hydrogen (secondary N) is 1. The van der Waals surface area contributed by atoms with Gasteiger partial charge in [0.05, 0.1) is 11.3 Å². The van der Waals surface area contributed by atoms with Gasteiger partial charge in [0, 0.05) is 23.0 Å². The zero-order chi connectivity index (χ0) is 18.0. The molecule has 0 spiro atoms. The number of pyridine rings is 1. The standard InChI is InChI=1S/C19H14ClFN2O2/c1-11-2-5-16(24)18(17(11)12-6-8-22-9-7-12)19(25)23-15-10-13(20)3-4-14(15)21/h2-10,24H,1H3,(H,23,25). The highest BCUT2D eigenvalue weighted by Gasteiger charge is 2.20. The minimum Gasteiger partial charge on any atom is -0.507 e. The topological polar surface area (TPSA) is 62.2 Å². The Balaban J connectivity index is 2.09. The van der Waals surface area contributed by atoms with Gasteiger partial charge in [-0.2, -0.15) is 0 Å². The van der Waals surface area contributed by atoms with Crippen molar-refractivity contribution in [3.05, 3.63) is 76.8 Å². The molecule has 1 aromatic heterocycles. The van der Waals surface area contributed by atoms with Gasteiger partial charge in [0.25, 0.3) is 5.91 Å². The third-order valence-corrected chi connectivity index (χ3v) is 4.00. The Kier molecular flexibility index (Phi) is 4.67. The lowest BCUT2D eigenvalue weighted by atomic mass is 9.94. The lowest BCUT2D eigenvalue weighted by Crippen LogP contribution is -2.15. The Morgan fingerprint density at radius 3 is 2.60 bits per heavy atom. The van der Waals surface area contributed by atoms with Crippen LogP contribution in [-0.4, -0.2) is 16.0 Å². The first-order valence-corrected chi connectivity index (χ1v) is 7.84. The van der Waals surface area contributed by atoms with Crippen LogP contribution in [0, 0.1) is 12.7 Å². The summed E-state index contributed by atoms with van der Waals surface area (Å²) in [4.78, 5) is 16.7. The molecule has 6 heteroatoms. The number of carbonyl (C=O) groups excluding carboxylic acids is 1. The molecular formula is C19H14ClFN2O2. The molecule has 126 valence electrons. The molecule has 0 atom stereocenters. The Bertz CT molecular complexity index is 946. The van der Waals surface area contributed by atoms with E-state index in [0.29, 0.717) is 10.6 Å². The molecule has 0 unspecified atom stereocenters. The van der Waals surface area contributed by atoms with Crippen LogP contribution in [0.1, 0.15) is 15.9 Å². The summed E-state index contributed by atoms with van der Waals surface area (Å²) in [5.41, 5.74) is 2.08. The highest BCUT2D eigenvalue weighted by Crippen LogP contribution is 2.34. The SMILES string of the molecule is Cc1ccc(O)c(C(=O)Nc2cc(Cl)ccc2F)c1-c1ccncc1. The first kappa shape index (κ1) is 16.9. The third-order valence-electron chi connectivity index (χ3n) is 3.76. The number of nitrogens with zero attached hydrogens (tertiary/aromatic N) is 1. The average Bonchev–Trinajstić information content (AvgIpc) is 2.60. The number of hydrogen-bond donors (Lipinski definition) is 2. The summed E-state index contributed by atoms with van der Waals surface area (Å²) >= 11 is 5.86. The molecule has 2 aromatic carbocycles. The van der Waals surface area contributed by atoms with Crippen molar-refractivity contribution in [2.45, 2.75) is 6.92 Å². The number of carbonyl (C=O) groups is 1. The normalized spacial score (nSPS) is 10.5. The molecule has 0 aliphatic heterocycles. The van der Waals surface area contributed by atoms with Crippen LogP contribution in [0.2, 0.25) is 5.02 Å². The summed E-state index contributed by atoms with van der Waals surface area (Å²) in [6.45, 7) is 1.83. The first-order valence-electron chi connectivity index (χ1n) is 7.46. The maximum absolute atomic E-state index is 13.9. The Hall–Kier alpha value is -2.92. The number of phenolic OH excluding ortho intramolecular Hbond substituents is 1. The van der Waals surface area contributed by atoms with E-state index in [-0.39, 0.29) is 17.0 Å². The van der Waals surface area contributed by atoms with E-state index in [1.165, 1.54) is 18.2 Å². The molecule has 0 fully saturated rings. The quantitative estimate of drug-likeness (QED) is 0.708. The summed E-state index contributed by atoms with van der Waals surface area (Å²) in [6, 6.07) is 10.5. The molecule has 0 saturated heterocycles. The number of aryl methyl sites for hydroxylation is 1. The van der Waals surface area contributed by atoms with Crippen molar-refractivity contribution >= 4 is 23.2 Å². The van der Waals surface area contributed by atoms with E-state index in [1.807, 2.05) is 6.92 Å². The minimum atomic E-state index is -0.630. The van der Waals surface area contributed by atoms with Crippen LogP contribution in [0.5, 0.6) is 5.75 Å². The predicted molar refractivity (Wildman–Crippen MR) is 95.4 cm³/mol. The first-order chi connectivity index (χ1) is 12.0. The number of halogens is 2. The zero-order valence-electron chi connectivity index (χ0n) is 13.3. The van der Waals surface area contributed by atoms with Crippen LogP contribution in [0.15, 0.2) is 54.9 Å². The summed E-state index contributed by atoms with van der Waals surface area (Å²) < 4.78 is 13.9. The van der Waals surface area contributed by atoms with Crippen molar-refractivity contribution in [2.24, 2.45) is 0 Å². The monoisotopic (exact) mass is 356 g/mol. The number of hydrogen-bond acceptors (Lipinski definition) is 3. The van der Waals surface area contributed by atoms with Crippen molar-refractivity contribution in [2.75, 3.05) is 5.32 Å². The van der Waals surface area contributed by atoms with Crippen molar-refractivity contribution in [3.63, 3.8) is 0 Å². The number of anilines is 1. The van der Waals surface area contributed by atoms with Crippen LogP contribution in [-0.2, 0) is 0 Å². The molecule has 1 amide bonds. The molecule has 1 heterocycles. The molecule has 0 saturated carbocycles. The number of rotatable bonds is 3. The second kappa shape index (κ2) is 6.91. The fourth-order valence-electron chi connectivity index (χ4n) is 2.59. The van der Waals surface area contributed by atoms with E-state index in [0.717, 1.165) is 17.2 Å². The van der Waals surface area contributed by atoms with Gasteiger partial charge >= 0.3 is 0 Å². The number of amides is 1. The summed E-state index contributed by atoms with van der Waals surface area (Å²) in [6.07, 6.45) is 3.19. The largest absolute Gasteiger partial charge is 0.507 e. The summed E-state index contributed by atoms with van der Waals surface area (Å²) in [5, 5.41) is 13.0. The van der Waals surface area contributed by atoms with Gasteiger partial charge in [0.2, 0.25) is 0 Å². The van der Waals surface area contributed by atoms with Gasteiger partial charge in [-0.1, -0.05) is 17.7 Å². The average molecular weight is 357 g/mol. The van der Waals surface area contributed by atoms with E-state index in [4.69, 9.17) is 11.6 Å². The van der Waals surface area contributed by atoms with Crippen molar-refractivity contribution < 1.29 is 14.3 Å². The highest BCUT2D eigenvalue weighted by atomic mass is 35.5. The molecule has 3 aromatic rings. The van der Waals surface area contributed by atoms with E-state index < -0.39 is 11.7 Å². The van der Waals surface area contributed by atoms with E-state index in [2.05, 4.69) is 10.3 Å². The van der Waals surface area contributed by atoms with E-state index in [1.54, 1.807) is 30.6 Å². The Labute approximate surface area is 148 Å². The molecule has 3 rings (SSSR count). The van der Waals surface area contributed by atoms with Crippen molar-refractivity contribution in [3.8, 4) is 16.9 Å². The van der Waals surface area contributed by atoms with Gasteiger partial charge in [0.1, 0.15) is 11.6 Å². The summed E-state index contributed by atoms with van der Waals surface area (Å²) in [7, 11) is 0. The van der Waals surface area contributed by atoms with Crippen molar-refractivity contribution in [1.29, 1.82) is 0 Å². The molecular weight excluding hydrogens is 343 g/mol. The van der Waals surface area contributed by atoms with Crippen LogP contribution in [0.25, 0.3) is 11.1 Å². The molecule has 0 radical (unpaired) electrons. The van der Waals surface area contributed by atoms with Gasteiger partial charge in [0.15, 0.2) is 0 Å². The van der Waals surface area contributed by atoms with Gasteiger partial charge < -0.3 is 10.4 Å². The minimum absolute atomic E-state index is 0.0564. The van der Waals surface area contributed by atoms with Gasteiger partial charge in [-0.25, -0.2) is 4.39 Å². The second-order valence-electron chi connectivity index (χ2n) is 5.47. The smallest absolute Gasteiger partial charge is 0.260 e. The predicted octanol–water partition coefficient (Wildman–Crippen LogP) is 4.81. The number of phenols is 1. The molecule has 25 heavy (non-hydrogen) atoms. The fourth-order valence-corrected chi connectivity index (χ4v) is 2.77. The maximum Gasteiger partial charge on any atom is 0.260 e. The number of aromatic hydroxyl groups is 1. The van der Waals surface area contributed by atoms with E-state index >= 15 is 0 Å². The molecule has 2 N–H and O–H groups in total. The zero-order valence-corrected chi connectivity index (χ0v) is 14.0. The summed E-state index contributed by atoms with van der Waals surface area (Å²) in [5.74, 6) is -1.44. The van der Waals surface area contributed by atoms with Gasteiger partial charge in [-0.05, 0) is 54.4 Å². The molecule has 0 bridgehead atoms. The number of aromatic nitrogens is 1. The fraction of sp³-hybridized carbons (Fsp3) is 0.0526. The Morgan fingerprint density at radius 1 is 1.16 bits per heavy atom. The van der Waals surface area contributed by atoms with Crippen LogP contribution in [0.3, 0.4) is 0 Å². The second-order valence-corrected chi connectivity index (χ2v) is 5.90. The highest BCUT2D eigenvalue weighted by molar-refractivity contribution is 6.31. The molecule has 0 aliphatic carbocycles. The van der Waals surface area contributed by atoms with Gasteiger partial charge in [-0.15, -0.1) is 0 Å². The van der Waals surface area contributed by atoms with Crippen LogP contribution < -0.4 is 5.32 Å². The van der Waals surface area contributed by atoms with E-state index in [9.17, 15) is 14.3 Å². The maximum atomic E-state index is 13.9.